The molecule has 0 atom stereocenters. The average Bonchev–Trinajstić information content (AvgIpc) is 3.25. The van der Waals surface area contributed by atoms with E-state index in [-0.39, 0.29) is 0 Å². The molecule has 3 heterocycles. The summed E-state index contributed by atoms with van der Waals surface area (Å²) in [5.74, 6) is 3.10. The maximum absolute atomic E-state index is 6.01. The second-order valence-corrected chi connectivity index (χ2v) is 11.1. The molecule has 1 aliphatic rings. The Morgan fingerprint density at radius 3 is 1.84 bits per heavy atom. The molecule has 0 spiro atoms. The number of fused-ring (bicyclic) bond motifs is 5. The van der Waals surface area contributed by atoms with Gasteiger partial charge in [0.2, 0.25) is 0 Å². The van der Waals surface area contributed by atoms with Crippen molar-refractivity contribution in [3.05, 3.63) is 55.0 Å². The fourth-order valence-electron chi connectivity index (χ4n) is 5.48. The number of aryl methyl sites for hydroxylation is 1. The highest BCUT2D eigenvalue weighted by Crippen LogP contribution is 2.25. The van der Waals surface area contributed by atoms with Crippen LogP contribution in [-0.2, 0) is 7.05 Å². The smallest absolute Gasteiger partial charge is 0.401 e. The Morgan fingerprint density at radius 2 is 1.24 bits per heavy atom. The van der Waals surface area contributed by atoms with Gasteiger partial charge in [0, 0.05) is 11.1 Å². The number of unbranched alkanes of at least 4 members (excludes halogenated alkanes) is 15. The molecule has 2 bridgehead atoms. The summed E-state index contributed by atoms with van der Waals surface area (Å²) < 4.78 is 10.3. The van der Waals surface area contributed by atoms with E-state index in [2.05, 4.69) is 71.9 Å². The van der Waals surface area contributed by atoms with Gasteiger partial charge < -0.3 is 4.74 Å². The van der Waals surface area contributed by atoms with E-state index in [1.165, 1.54) is 102 Å². The summed E-state index contributed by atoms with van der Waals surface area (Å²) in [5, 5.41) is 0. The highest BCUT2D eigenvalue weighted by Gasteiger charge is 2.33. The molecule has 4 heteroatoms. The minimum Gasteiger partial charge on any atom is -0.494 e. The van der Waals surface area contributed by atoms with Crippen LogP contribution >= 0.6 is 0 Å². The predicted octanol–water partition coefficient (Wildman–Crippen LogP) is 8.47. The monoisotopic (exact) mass is 515 g/mol. The minimum absolute atomic E-state index is 0.806. The minimum atomic E-state index is 0.806. The van der Waals surface area contributed by atoms with Crippen LogP contribution in [0.15, 0.2) is 55.0 Å². The van der Waals surface area contributed by atoms with Crippen LogP contribution in [0.25, 0.3) is 28.3 Å². The normalized spacial score (nSPS) is 11.6. The number of nitrogens with zero attached hydrogens (tertiary/aromatic N) is 3. The van der Waals surface area contributed by atoms with Crippen molar-refractivity contribution in [2.45, 2.75) is 110 Å². The Balaban J connectivity index is 1.02. The first-order chi connectivity index (χ1) is 18.8. The lowest BCUT2D eigenvalue weighted by molar-refractivity contribution is -0.771. The van der Waals surface area contributed by atoms with Gasteiger partial charge in [-0.1, -0.05) is 115 Å². The number of ether oxygens (including phenoxy) is 1. The molecule has 3 aromatic rings. The molecule has 0 saturated heterocycles. The molecule has 204 valence electrons. The molecule has 1 aliphatic heterocycles. The number of pyridine rings is 1. The van der Waals surface area contributed by atoms with Gasteiger partial charge in [-0.2, -0.15) is 0 Å². The highest BCUT2D eigenvalue weighted by molar-refractivity contribution is 5.64. The predicted molar refractivity (Wildman–Crippen MR) is 156 cm³/mol. The summed E-state index contributed by atoms with van der Waals surface area (Å²) in [6.07, 6.45) is 28.5. The van der Waals surface area contributed by atoms with Gasteiger partial charge in [0.05, 0.1) is 18.2 Å². The van der Waals surface area contributed by atoms with Crippen molar-refractivity contribution in [1.82, 2.24) is 4.98 Å². The Morgan fingerprint density at radius 1 is 0.658 bits per heavy atom. The Bertz CT molecular complexity index is 1110. The van der Waals surface area contributed by atoms with Gasteiger partial charge in [-0.15, -0.1) is 4.57 Å². The van der Waals surface area contributed by atoms with Gasteiger partial charge >= 0.3 is 11.6 Å². The van der Waals surface area contributed by atoms with Crippen molar-refractivity contribution in [2.75, 3.05) is 6.61 Å². The van der Waals surface area contributed by atoms with Crippen molar-refractivity contribution in [3.63, 3.8) is 0 Å². The van der Waals surface area contributed by atoms with Gasteiger partial charge in [-0.3, -0.25) is 0 Å². The zero-order chi connectivity index (χ0) is 26.4. The third-order valence-corrected chi connectivity index (χ3v) is 7.91. The lowest BCUT2D eigenvalue weighted by Crippen LogP contribution is -2.44. The lowest BCUT2D eigenvalue weighted by atomic mass is 10.0. The Hall–Kier alpha value is -2.75. The average molecular weight is 516 g/mol. The first-order valence-electron chi connectivity index (χ1n) is 15.4. The lowest BCUT2D eigenvalue weighted by Gasteiger charge is -2.07. The highest BCUT2D eigenvalue weighted by atomic mass is 16.5. The third kappa shape index (κ3) is 8.38. The third-order valence-electron chi connectivity index (χ3n) is 7.91. The topological polar surface area (TPSA) is 29.9 Å². The maximum Gasteiger partial charge on any atom is 0.401 e. The van der Waals surface area contributed by atoms with Crippen LogP contribution < -0.4 is 13.9 Å². The summed E-state index contributed by atoms with van der Waals surface area (Å²) in [5.41, 5.74) is 3.44. The van der Waals surface area contributed by atoms with Crippen LogP contribution in [0.1, 0.15) is 110 Å². The summed E-state index contributed by atoms with van der Waals surface area (Å²) in [4.78, 5) is 4.73. The van der Waals surface area contributed by atoms with Crippen LogP contribution in [0.5, 0.6) is 5.75 Å². The van der Waals surface area contributed by atoms with Crippen LogP contribution in [0.4, 0.5) is 0 Å². The van der Waals surface area contributed by atoms with Gasteiger partial charge in [-0.05, 0) is 24.1 Å². The first kappa shape index (κ1) is 28.3. The SMILES string of the molecule is CCCCCCCCCCCCCCCCCCOc1ccc(-c2cnc3[n+](c2)-c2cc-3cc[n+]2C)cc1. The second-order valence-electron chi connectivity index (χ2n) is 11.1. The Labute approximate surface area is 231 Å². The molecule has 0 fully saturated rings. The van der Waals surface area contributed by atoms with E-state index in [0.29, 0.717) is 0 Å². The first-order valence-corrected chi connectivity index (χ1v) is 15.4. The number of hydrogen-bond acceptors (Lipinski definition) is 2. The quantitative estimate of drug-likeness (QED) is 0.0926. The zero-order valence-electron chi connectivity index (χ0n) is 24.0. The van der Waals surface area contributed by atoms with E-state index in [1.807, 2.05) is 6.20 Å². The van der Waals surface area contributed by atoms with E-state index in [9.17, 15) is 0 Å². The summed E-state index contributed by atoms with van der Waals surface area (Å²) in [6.45, 7) is 3.10. The molecule has 2 aromatic heterocycles. The summed E-state index contributed by atoms with van der Waals surface area (Å²) in [6, 6.07) is 12.7. The molecule has 1 aromatic carbocycles. The van der Waals surface area contributed by atoms with Crippen LogP contribution in [-0.4, -0.2) is 11.6 Å². The van der Waals surface area contributed by atoms with E-state index < -0.39 is 0 Å². The van der Waals surface area contributed by atoms with Crippen molar-refractivity contribution in [2.24, 2.45) is 7.05 Å². The van der Waals surface area contributed by atoms with Crippen molar-refractivity contribution < 1.29 is 13.9 Å². The van der Waals surface area contributed by atoms with Crippen molar-refractivity contribution >= 4 is 0 Å². The fourth-order valence-corrected chi connectivity index (χ4v) is 5.48. The number of benzene rings is 1. The van der Waals surface area contributed by atoms with E-state index in [4.69, 9.17) is 9.72 Å². The van der Waals surface area contributed by atoms with E-state index >= 15 is 0 Å². The maximum atomic E-state index is 6.01. The molecule has 4 nitrogen and oxygen atoms in total. The van der Waals surface area contributed by atoms with Crippen LogP contribution in [0, 0.1) is 0 Å². The van der Waals surface area contributed by atoms with Gasteiger partial charge in [0.25, 0.3) is 0 Å². The van der Waals surface area contributed by atoms with E-state index in [0.717, 1.165) is 41.5 Å². The number of aromatic nitrogens is 3. The summed E-state index contributed by atoms with van der Waals surface area (Å²) >= 11 is 0. The zero-order valence-corrected chi connectivity index (χ0v) is 24.0. The largest absolute Gasteiger partial charge is 0.494 e. The molecule has 0 amide bonds. The van der Waals surface area contributed by atoms with Crippen LogP contribution in [0.2, 0.25) is 0 Å². The van der Waals surface area contributed by atoms with Crippen molar-refractivity contribution in [3.8, 4) is 34.1 Å². The standard InChI is InChI=1S/C34H49N3O/c1-3-4-5-6-7-8-9-10-11-12-13-14-15-16-17-18-25-38-32-21-19-29(20-22-32)31-27-35-34-30-23-24-36(2)33(26-30)37(34)28-31/h19-24,26-28H,3-18,25H2,1-2H3/q+2. The molecule has 0 radical (unpaired) electrons. The fraction of sp³-hybridized carbons (Fsp3) is 0.559. The van der Waals surface area contributed by atoms with Crippen LogP contribution in [0.3, 0.4) is 0 Å². The van der Waals surface area contributed by atoms with Crippen molar-refractivity contribution in [1.29, 1.82) is 0 Å². The number of rotatable bonds is 19. The molecule has 0 aliphatic carbocycles. The summed E-state index contributed by atoms with van der Waals surface area (Å²) in [7, 11) is 2.07. The van der Waals surface area contributed by atoms with Gasteiger partial charge in [-0.25, -0.2) is 4.57 Å². The molecule has 38 heavy (non-hydrogen) atoms. The molecular formula is C34H49N3O+2. The second kappa shape index (κ2) is 15.6. The van der Waals surface area contributed by atoms with Gasteiger partial charge in [0.15, 0.2) is 6.20 Å². The van der Waals surface area contributed by atoms with Gasteiger partial charge in [0.1, 0.15) is 30.8 Å². The molecule has 0 saturated carbocycles. The Kier molecular flexibility index (Phi) is 11.6. The van der Waals surface area contributed by atoms with E-state index in [1.54, 1.807) is 0 Å². The molecule has 0 unspecified atom stereocenters. The molecule has 0 N–H and O–H groups in total. The number of hydrogen-bond donors (Lipinski definition) is 0. The molecular weight excluding hydrogens is 466 g/mol. The molecule has 4 rings (SSSR count).